The highest BCUT2D eigenvalue weighted by molar-refractivity contribution is 7.89. The van der Waals surface area contributed by atoms with Crippen molar-refractivity contribution in [1.29, 1.82) is 0 Å². The maximum absolute atomic E-state index is 13.4. The van der Waals surface area contributed by atoms with E-state index >= 15 is 0 Å². The molecular weight excluding hydrogens is 275 g/mol. The van der Waals surface area contributed by atoms with Crippen LogP contribution in [0.4, 0.5) is 4.39 Å². The van der Waals surface area contributed by atoms with Crippen LogP contribution in [0.3, 0.4) is 0 Å². The number of halogens is 1. The fourth-order valence-electron chi connectivity index (χ4n) is 1.10. The molecule has 3 N–H and O–H groups in total. The Morgan fingerprint density at radius 1 is 1.44 bits per heavy atom. The minimum Gasteiger partial charge on any atom is -0.393 e. The van der Waals surface area contributed by atoms with E-state index in [4.69, 9.17) is 18.0 Å². The number of nitrogens with two attached hydrogens (primary N) is 1. The molecule has 0 heterocycles. The molecule has 0 radical (unpaired) electrons. The van der Waals surface area contributed by atoms with Gasteiger partial charge in [-0.3, -0.25) is 0 Å². The minimum atomic E-state index is -3.90. The Hall–Kier alpha value is -1.05. The van der Waals surface area contributed by atoms with E-state index in [1.165, 1.54) is 18.2 Å². The molecule has 1 aromatic carbocycles. The molecule has 0 spiro atoms. The molecule has 4 nitrogen and oxygen atoms in total. The molecular formula is C11H15FN2O2S2. The monoisotopic (exact) mass is 290 g/mol. The normalized spacial score (nSPS) is 12.4. The van der Waals surface area contributed by atoms with Gasteiger partial charge < -0.3 is 5.73 Å². The summed E-state index contributed by atoms with van der Waals surface area (Å²) >= 11 is 4.83. The Balaban J connectivity index is 2.92. The number of nitrogens with one attached hydrogen (secondary N) is 1. The van der Waals surface area contributed by atoms with E-state index in [1.807, 2.05) is 0 Å². The van der Waals surface area contributed by atoms with E-state index in [2.05, 4.69) is 4.72 Å². The van der Waals surface area contributed by atoms with Crippen LogP contribution in [0.25, 0.3) is 0 Å². The third-order valence-corrected chi connectivity index (χ3v) is 4.48. The number of hydrogen-bond acceptors (Lipinski definition) is 3. The first-order valence-electron chi connectivity index (χ1n) is 5.21. The van der Waals surface area contributed by atoms with Gasteiger partial charge in [0.1, 0.15) is 10.7 Å². The lowest BCUT2D eigenvalue weighted by molar-refractivity contribution is 0.497. The maximum Gasteiger partial charge on any atom is 0.243 e. The quantitative estimate of drug-likeness (QED) is 0.804. The van der Waals surface area contributed by atoms with Crippen molar-refractivity contribution in [3.05, 3.63) is 30.1 Å². The van der Waals surface area contributed by atoms with Gasteiger partial charge in [-0.2, -0.15) is 0 Å². The van der Waals surface area contributed by atoms with Crippen molar-refractivity contribution < 1.29 is 12.8 Å². The molecule has 1 aromatic rings. The van der Waals surface area contributed by atoms with Crippen LogP contribution in [0.15, 0.2) is 29.2 Å². The molecule has 0 saturated carbocycles. The molecule has 0 aromatic heterocycles. The Kier molecular flexibility index (Phi) is 4.41. The molecule has 0 saturated heterocycles. The average Bonchev–Trinajstić information content (AvgIpc) is 2.27. The van der Waals surface area contributed by atoms with Crippen molar-refractivity contribution in [2.75, 3.05) is 6.54 Å². The largest absolute Gasteiger partial charge is 0.393 e. The van der Waals surface area contributed by atoms with Gasteiger partial charge in [0.25, 0.3) is 0 Å². The lowest BCUT2D eigenvalue weighted by atomic mass is 9.94. The Morgan fingerprint density at radius 2 is 2.00 bits per heavy atom. The number of rotatable bonds is 5. The standard InChI is InChI=1S/C11H15FN2O2S2/c1-11(2,10(13)17)7-14-18(15,16)9-6-4-3-5-8(9)12/h3-6,14H,7H2,1-2H3,(H2,13,17). The number of sulfonamides is 1. The van der Waals surface area contributed by atoms with E-state index in [-0.39, 0.29) is 16.4 Å². The summed E-state index contributed by atoms with van der Waals surface area (Å²) in [6.45, 7) is 3.43. The van der Waals surface area contributed by atoms with Crippen LogP contribution in [0.1, 0.15) is 13.8 Å². The summed E-state index contributed by atoms with van der Waals surface area (Å²) < 4.78 is 39.5. The van der Waals surface area contributed by atoms with E-state index in [0.29, 0.717) is 0 Å². The second-order valence-electron chi connectivity index (χ2n) is 4.50. The van der Waals surface area contributed by atoms with E-state index in [9.17, 15) is 12.8 Å². The van der Waals surface area contributed by atoms with E-state index in [1.54, 1.807) is 13.8 Å². The molecule has 7 heteroatoms. The zero-order valence-electron chi connectivity index (χ0n) is 10.1. The Morgan fingerprint density at radius 3 is 2.50 bits per heavy atom. The lowest BCUT2D eigenvalue weighted by Crippen LogP contribution is -2.41. The summed E-state index contributed by atoms with van der Waals surface area (Å²) in [5, 5.41) is 0. The zero-order chi connectivity index (χ0) is 14.0. The minimum absolute atomic E-state index is 0.0129. The molecule has 0 bridgehead atoms. The fourth-order valence-corrected chi connectivity index (χ4v) is 2.46. The molecule has 18 heavy (non-hydrogen) atoms. The van der Waals surface area contributed by atoms with Gasteiger partial charge in [-0.05, 0) is 12.1 Å². The van der Waals surface area contributed by atoms with Gasteiger partial charge >= 0.3 is 0 Å². The fraction of sp³-hybridized carbons (Fsp3) is 0.364. The van der Waals surface area contributed by atoms with Crippen molar-refractivity contribution in [2.24, 2.45) is 11.1 Å². The van der Waals surface area contributed by atoms with Gasteiger partial charge in [0.15, 0.2) is 0 Å². The molecule has 0 aliphatic heterocycles. The first-order valence-corrected chi connectivity index (χ1v) is 7.10. The molecule has 0 aliphatic rings. The SMILES string of the molecule is CC(C)(CNS(=O)(=O)c1ccccc1F)C(N)=S. The van der Waals surface area contributed by atoms with Crippen molar-refractivity contribution in [1.82, 2.24) is 4.72 Å². The van der Waals surface area contributed by atoms with Crippen LogP contribution in [0.2, 0.25) is 0 Å². The molecule has 0 fully saturated rings. The van der Waals surface area contributed by atoms with Crippen LogP contribution in [0, 0.1) is 11.2 Å². The first kappa shape index (κ1) is 15.0. The van der Waals surface area contributed by atoms with Crippen LogP contribution in [-0.2, 0) is 10.0 Å². The van der Waals surface area contributed by atoms with Crippen LogP contribution < -0.4 is 10.5 Å². The van der Waals surface area contributed by atoms with Crippen LogP contribution >= 0.6 is 12.2 Å². The van der Waals surface area contributed by atoms with Gasteiger partial charge in [-0.25, -0.2) is 17.5 Å². The average molecular weight is 290 g/mol. The Labute approximate surface area is 111 Å². The second-order valence-corrected chi connectivity index (χ2v) is 6.68. The topological polar surface area (TPSA) is 72.2 Å². The molecule has 1 rings (SSSR count). The lowest BCUT2D eigenvalue weighted by Gasteiger charge is -2.23. The first-order chi connectivity index (χ1) is 8.17. The highest BCUT2D eigenvalue weighted by Crippen LogP contribution is 2.17. The summed E-state index contributed by atoms with van der Waals surface area (Å²) in [5.74, 6) is -0.793. The summed E-state index contributed by atoms with van der Waals surface area (Å²) in [7, 11) is -3.90. The van der Waals surface area contributed by atoms with E-state index in [0.717, 1.165) is 6.07 Å². The molecule has 0 atom stereocenters. The van der Waals surface area contributed by atoms with Crippen molar-refractivity contribution in [2.45, 2.75) is 18.7 Å². The van der Waals surface area contributed by atoms with Gasteiger partial charge in [0, 0.05) is 12.0 Å². The van der Waals surface area contributed by atoms with Crippen molar-refractivity contribution >= 4 is 27.2 Å². The zero-order valence-corrected chi connectivity index (χ0v) is 11.7. The third kappa shape index (κ3) is 3.47. The van der Waals surface area contributed by atoms with Gasteiger partial charge in [0.2, 0.25) is 10.0 Å². The van der Waals surface area contributed by atoms with Crippen LogP contribution in [-0.4, -0.2) is 20.0 Å². The van der Waals surface area contributed by atoms with Gasteiger partial charge in [-0.1, -0.05) is 38.2 Å². The van der Waals surface area contributed by atoms with E-state index < -0.39 is 21.3 Å². The molecule has 0 unspecified atom stereocenters. The van der Waals surface area contributed by atoms with Gasteiger partial charge in [-0.15, -0.1) is 0 Å². The number of thiocarbonyl (C=S) groups is 1. The smallest absolute Gasteiger partial charge is 0.243 e. The molecule has 0 amide bonds. The van der Waals surface area contributed by atoms with Crippen molar-refractivity contribution in [3.63, 3.8) is 0 Å². The summed E-state index contributed by atoms with van der Waals surface area (Å²) in [6, 6.07) is 5.17. The predicted octanol–water partition coefficient (Wildman–Crippen LogP) is 1.42. The number of hydrogen-bond donors (Lipinski definition) is 2. The highest BCUT2D eigenvalue weighted by atomic mass is 32.2. The number of benzene rings is 1. The highest BCUT2D eigenvalue weighted by Gasteiger charge is 2.26. The predicted molar refractivity (Wildman–Crippen MR) is 72.2 cm³/mol. The molecule has 0 aliphatic carbocycles. The summed E-state index contributed by atoms with van der Waals surface area (Å²) in [6.07, 6.45) is 0. The van der Waals surface area contributed by atoms with Gasteiger partial charge in [0.05, 0.1) is 4.99 Å². The Bertz CT molecular complexity index is 556. The summed E-state index contributed by atoms with van der Waals surface area (Å²) in [4.78, 5) is -0.192. The van der Waals surface area contributed by atoms with Crippen molar-refractivity contribution in [3.8, 4) is 0 Å². The third-order valence-electron chi connectivity index (χ3n) is 2.50. The maximum atomic E-state index is 13.4. The summed E-state index contributed by atoms with van der Waals surface area (Å²) in [5.41, 5.74) is 4.82. The molecule has 100 valence electrons. The second kappa shape index (κ2) is 5.29. The van der Waals surface area contributed by atoms with Crippen LogP contribution in [0.5, 0.6) is 0 Å².